The molecule has 3 heteroatoms. The standard InChI is InChI=1S/C55H35N3/c1-4-17-45-38(11-1)14-10-22-46(45)41-15-9-16-43(31-41)55-57-53(33-54(58-55)51-32-42-12-2-5-18-47(42)49-20-7-8-21-50(49)51)40-29-25-37(26-30-40)36-23-27-39(28-24-36)52-35-56-34-44-13-3-6-19-48(44)52/h1-35H. The second-order valence-electron chi connectivity index (χ2n) is 14.8. The van der Waals surface area contributed by atoms with Gasteiger partial charge in [0.05, 0.1) is 11.4 Å². The van der Waals surface area contributed by atoms with Crippen molar-refractivity contribution in [1.82, 2.24) is 15.0 Å². The third kappa shape index (κ3) is 5.98. The zero-order valence-electron chi connectivity index (χ0n) is 31.5. The number of hydrogen-bond donors (Lipinski definition) is 0. The van der Waals surface area contributed by atoms with E-state index in [9.17, 15) is 0 Å². The van der Waals surface area contributed by atoms with Crippen LogP contribution in [0.25, 0.3) is 110 Å². The molecule has 0 bridgehead atoms. The molecule has 0 radical (unpaired) electrons. The number of fused-ring (bicyclic) bond motifs is 5. The molecule has 0 saturated heterocycles. The third-order valence-corrected chi connectivity index (χ3v) is 11.4. The Kier molecular flexibility index (Phi) is 8.15. The van der Waals surface area contributed by atoms with Gasteiger partial charge >= 0.3 is 0 Å². The van der Waals surface area contributed by atoms with Crippen LogP contribution in [-0.2, 0) is 0 Å². The Balaban J connectivity index is 1.02. The molecule has 0 aliphatic carbocycles. The molecule has 0 spiro atoms. The van der Waals surface area contributed by atoms with Crippen molar-refractivity contribution < 1.29 is 0 Å². The number of rotatable bonds is 6. The maximum Gasteiger partial charge on any atom is 0.160 e. The Morgan fingerprint density at radius 2 is 0.810 bits per heavy atom. The highest BCUT2D eigenvalue weighted by Gasteiger charge is 2.16. The van der Waals surface area contributed by atoms with E-state index in [4.69, 9.17) is 9.97 Å². The van der Waals surface area contributed by atoms with Gasteiger partial charge in [-0.3, -0.25) is 4.98 Å². The first-order valence-corrected chi connectivity index (χ1v) is 19.7. The van der Waals surface area contributed by atoms with Crippen LogP contribution in [0.5, 0.6) is 0 Å². The number of hydrogen-bond acceptors (Lipinski definition) is 3. The quantitative estimate of drug-likeness (QED) is 0.160. The van der Waals surface area contributed by atoms with Gasteiger partial charge in [-0.1, -0.05) is 182 Å². The molecule has 9 aromatic carbocycles. The first-order chi connectivity index (χ1) is 28.7. The van der Waals surface area contributed by atoms with E-state index in [-0.39, 0.29) is 0 Å². The molecule has 11 aromatic rings. The fraction of sp³-hybridized carbons (Fsp3) is 0. The van der Waals surface area contributed by atoms with E-state index in [1.807, 2.05) is 12.4 Å². The summed E-state index contributed by atoms with van der Waals surface area (Å²) in [5.74, 6) is 0.689. The van der Waals surface area contributed by atoms with Gasteiger partial charge in [0.25, 0.3) is 0 Å². The number of benzene rings is 9. The van der Waals surface area contributed by atoms with Crippen LogP contribution in [0.1, 0.15) is 0 Å². The smallest absolute Gasteiger partial charge is 0.160 e. The SMILES string of the molecule is c1cc(-c2nc(-c3ccc(-c4ccc(-c5cncc6ccccc56)cc4)cc3)cc(-c3cc4ccccc4c4ccccc34)n2)cc(-c2cccc3ccccc23)c1. The lowest BCUT2D eigenvalue weighted by Crippen LogP contribution is -1.97. The van der Waals surface area contributed by atoms with Gasteiger partial charge in [0.15, 0.2) is 5.82 Å². The van der Waals surface area contributed by atoms with E-state index in [2.05, 4.69) is 205 Å². The predicted octanol–water partition coefficient (Wildman–Crippen LogP) is 14.5. The molecular weight excluding hydrogens is 703 g/mol. The highest BCUT2D eigenvalue weighted by Crippen LogP contribution is 2.38. The van der Waals surface area contributed by atoms with Crippen molar-refractivity contribution in [2.75, 3.05) is 0 Å². The summed E-state index contributed by atoms with van der Waals surface area (Å²) in [6.07, 6.45) is 3.88. The Labute approximate surface area is 336 Å². The van der Waals surface area contributed by atoms with Crippen molar-refractivity contribution in [3.8, 4) is 67.3 Å². The zero-order valence-corrected chi connectivity index (χ0v) is 31.5. The summed E-state index contributed by atoms with van der Waals surface area (Å²) in [6, 6.07) is 71.3. The normalized spacial score (nSPS) is 11.4. The zero-order chi connectivity index (χ0) is 38.4. The summed E-state index contributed by atoms with van der Waals surface area (Å²) >= 11 is 0. The summed E-state index contributed by atoms with van der Waals surface area (Å²) in [5, 5.41) is 9.58. The Morgan fingerprint density at radius 1 is 0.259 bits per heavy atom. The van der Waals surface area contributed by atoms with E-state index in [0.717, 1.165) is 61.3 Å². The van der Waals surface area contributed by atoms with Crippen LogP contribution in [0.4, 0.5) is 0 Å². The summed E-state index contributed by atoms with van der Waals surface area (Å²) in [4.78, 5) is 15.2. The van der Waals surface area contributed by atoms with Crippen molar-refractivity contribution in [2.45, 2.75) is 0 Å². The molecule has 3 nitrogen and oxygen atoms in total. The molecule has 0 N–H and O–H groups in total. The average molecular weight is 738 g/mol. The topological polar surface area (TPSA) is 38.7 Å². The maximum atomic E-state index is 5.36. The molecule has 2 aromatic heterocycles. The lowest BCUT2D eigenvalue weighted by Gasteiger charge is -2.14. The molecule has 0 atom stereocenters. The van der Waals surface area contributed by atoms with Crippen molar-refractivity contribution in [2.24, 2.45) is 0 Å². The summed E-state index contributed by atoms with van der Waals surface area (Å²) < 4.78 is 0. The summed E-state index contributed by atoms with van der Waals surface area (Å²) in [7, 11) is 0. The Morgan fingerprint density at radius 3 is 1.59 bits per heavy atom. The van der Waals surface area contributed by atoms with Gasteiger partial charge in [0.1, 0.15) is 0 Å². The first kappa shape index (κ1) is 33.6. The van der Waals surface area contributed by atoms with Crippen LogP contribution in [0.3, 0.4) is 0 Å². The monoisotopic (exact) mass is 737 g/mol. The Hall–Kier alpha value is -7.75. The van der Waals surface area contributed by atoms with E-state index >= 15 is 0 Å². The number of aromatic nitrogens is 3. The molecule has 270 valence electrons. The van der Waals surface area contributed by atoms with Gasteiger partial charge in [-0.05, 0) is 83.7 Å². The minimum Gasteiger partial charge on any atom is -0.263 e. The van der Waals surface area contributed by atoms with E-state index < -0.39 is 0 Å². The molecule has 0 aliphatic heterocycles. The van der Waals surface area contributed by atoms with Gasteiger partial charge in [-0.25, -0.2) is 9.97 Å². The average Bonchev–Trinajstić information content (AvgIpc) is 3.31. The molecule has 58 heavy (non-hydrogen) atoms. The molecule has 2 heterocycles. The van der Waals surface area contributed by atoms with Gasteiger partial charge in [-0.15, -0.1) is 0 Å². The predicted molar refractivity (Wildman–Crippen MR) is 242 cm³/mol. The van der Waals surface area contributed by atoms with Crippen LogP contribution < -0.4 is 0 Å². The third-order valence-electron chi connectivity index (χ3n) is 11.4. The maximum absolute atomic E-state index is 5.36. The van der Waals surface area contributed by atoms with Crippen LogP contribution in [0.2, 0.25) is 0 Å². The molecule has 0 saturated carbocycles. The van der Waals surface area contributed by atoms with Crippen LogP contribution in [-0.4, -0.2) is 15.0 Å². The van der Waals surface area contributed by atoms with Gasteiger partial charge in [0.2, 0.25) is 0 Å². The minimum absolute atomic E-state index is 0.689. The largest absolute Gasteiger partial charge is 0.263 e. The molecule has 0 amide bonds. The molecule has 0 aliphatic rings. The molecule has 11 rings (SSSR count). The summed E-state index contributed by atoms with van der Waals surface area (Å²) in [5.41, 5.74) is 11.8. The second-order valence-corrected chi connectivity index (χ2v) is 14.8. The highest BCUT2D eigenvalue weighted by molar-refractivity contribution is 6.13. The molecule has 0 unspecified atom stereocenters. The molecule has 0 fully saturated rings. The molecular formula is C55H35N3. The van der Waals surface area contributed by atoms with E-state index in [1.165, 1.54) is 43.3 Å². The van der Waals surface area contributed by atoms with E-state index in [1.54, 1.807) is 0 Å². The van der Waals surface area contributed by atoms with Crippen molar-refractivity contribution >= 4 is 43.1 Å². The number of pyridine rings is 1. The fourth-order valence-electron chi connectivity index (χ4n) is 8.45. The Bertz CT molecular complexity index is 3320. The van der Waals surface area contributed by atoms with Gasteiger partial charge in [0, 0.05) is 40.0 Å². The van der Waals surface area contributed by atoms with Crippen LogP contribution in [0, 0.1) is 0 Å². The van der Waals surface area contributed by atoms with Crippen LogP contribution >= 0.6 is 0 Å². The van der Waals surface area contributed by atoms with E-state index in [0.29, 0.717) is 5.82 Å². The van der Waals surface area contributed by atoms with Gasteiger partial charge < -0.3 is 0 Å². The minimum atomic E-state index is 0.689. The van der Waals surface area contributed by atoms with Crippen molar-refractivity contribution in [1.29, 1.82) is 0 Å². The van der Waals surface area contributed by atoms with Crippen molar-refractivity contribution in [3.63, 3.8) is 0 Å². The number of nitrogens with zero attached hydrogens (tertiary/aromatic N) is 3. The highest BCUT2D eigenvalue weighted by atomic mass is 14.9. The fourth-order valence-corrected chi connectivity index (χ4v) is 8.45. The summed E-state index contributed by atoms with van der Waals surface area (Å²) in [6.45, 7) is 0. The van der Waals surface area contributed by atoms with Crippen LogP contribution in [0.15, 0.2) is 213 Å². The van der Waals surface area contributed by atoms with Gasteiger partial charge in [-0.2, -0.15) is 0 Å². The lowest BCUT2D eigenvalue weighted by molar-refractivity contribution is 1.19. The second kappa shape index (κ2) is 14.1. The lowest BCUT2D eigenvalue weighted by atomic mass is 9.94. The van der Waals surface area contributed by atoms with Crippen molar-refractivity contribution in [3.05, 3.63) is 213 Å². The first-order valence-electron chi connectivity index (χ1n) is 19.7.